The number of amides is 1. The summed E-state index contributed by atoms with van der Waals surface area (Å²) in [6, 6.07) is 11.2. The molecule has 1 heterocycles. The molecule has 1 aromatic heterocycles. The number of benzene rings is 1. The summed E-state index contributed by atoms with van der Waals surface area (Å²) in [6.07, 6.45) is 1.67. The molecule has 0 aliphatic heterocycles. The molecule has 0 atom stereocenters. The predicted octanol–water partition coefficient (Wildman–Crippen LogP) is 3.71. The van der Waals surface area contributed by atoms with Crippen LogP contribution in [0, 0.1) is 12.8 Å². The number of aryl methyl sites for hydroxylation is 1. The van der Waals surface area contributed by atoms with E-state index in [2.05, 4.69) is 29.5 Å². The molecule has 0 spiro atoms. The van der Waals surface area contributed by atoms with Crippen molar-refractivity contribution >= 4 is 17.4 Å². The molecule has 21 heavy (non-hydrogen) atoms. The highest BCUT2D eigenvalue weighted by Crippen LogP contribution is 2.13. The first-order valence-corrected chi connectivity index (χ1v) is 7.13. The van der Waals surface area contributed by atoms with E-state index in [0.29, 0.717) is 17.2 Å². The van der Waals surface area contributed by atoms with Crippen molar-refractivity contribution in [2.45, 2.75) is 20.8 Å². The van der Waals surface area contributed by atoms with Crippen molar-refractivity contribution in [3.05, 3.63) is 53.7 Å². The zero-order valence-corrected chi connectivity index (χ0v) is 12.7. The lowest BCUT2D eigenvalue weighted by molar-refractivity contribution is 0.102. The van der Waals surface area contributed by atoms with Crippen LogP contribution in [0.1, 0.15) is 29.8 Å². The first-order chi connectivity index (χ1) is 10.1. The lowest BCUT2D eigenvalue weighted by atomic mass is 10.1. The molecule has 0 bridgehead atoms. The van der Waals surface area contributed by atoms with Crippen LogP contribution in [0.5, 0.6) is 0 Å². The Morgan fingerprint density at radius 1 is 1.19 bits per heavy atom. The highest BCUT2D eigenvalue weighted by atomic mass is 16.1. The molecule has 0 unspecified atom stereocenters. The molecule has 2 rings (SSSR count). The number of nitrogens with zero attached hydrogens (tertiary/aromatic N) is 1. The third kappa shape index (κ3) is 4.31. The fraction of sp³-hybridized carbons (Fsp3) is 0.294. The van der Waals surface area contributed by atoms with E-state index in [-0.39, 0.29) is 5.91 Å². The van der Waals surface area contributed by atoms with Crippen molar-refractivity contribution in [2.24, 2.45) is 5.92 Å². The van der Waals surface area contributed by atoms with Gasteiger partial charge >= 0.3 is 0 Å². The minimum Gasteiger partial charge on any atom is -0.370 e. The Morgan fingerprint density at radius 2 is 1.95 bits per heavy atom. The van der Waals surface area contributed by atoms with Gasteiger partial charge in [-0.25, -0.2) is 4.98 Å². The first-order valence-electron chi connectivity index (χ1n) is 7.13. The summed E-state index contributed by atoms with van der Waals surface area (Å²) in [6.45, 7) is 7.08. The van der Waals surface area contributed by atoms with E-state index in [1.54, 1.807) is 6.20 Å². The Bertz CT molecular complexity index is 606. The fourth-order valence-electron chi connectivity index (χ4n) is 1.91. The van der Waals surface area contributed by atoms with Crippen LogP contribution in [-0.2, 0) is 0 Å². The number of hydrogen-bond donors (Lipinski definition) is 2. The molecular weight excluding hydrogens is 262 g/mol. The minimum absolute atomic E-state index is 0.113. The number of pyridine rings is 1. The van der Waals surface area contributed by atoms with E-state index in [9.17, 15) is 4.79 Å². The number of aromatic nitrogens is 1. The monoisotopic (exact) mass is 283 g/mol. The second kappa shape index (κ2) is 6.88. The Kier molecular flexibility index (Phi) is 4.93. The van der Waals surface area contributed by atoms with Crippen LogP contribution in [0.3, 0.4) is 0 Å². The van der Waals surface area contributed by atoms with Crippen LogP contribution in [0.15, 0.2) is 42.6 Å². The van der Waals surface area contributed by atoms with E-state index >= 15 is 0 Å². The van der Waals surface area contributed by atoms with E-state index in [1.807, 2.05) is 43.3 Å². The van der Waals surface area contributed by atoms with Crippen molar-refractivity contribution in [2.75, 3.05) is 17.2 Å². The maximum atomic E-state index is 12.2. The molecule has 1 aromatic carbocycles. The molecule has 2 aromatic rings. The number of nitrogens with one attached hydrogen (secondary N) is 2. The average molecular weight is 283 g/mol. The average Bonchev–Trinajstić information content (AvgIpc) is 2.47. The molecule has 0 saturated carbocycles. The van der Waals surface area contributed by atoms with Gasteiger partial charge < -0.3 is 10.6 Å². The van der Waals surface area contributed by atoms with Gasteiger partial charge in [0.05, 0.1) is 11.9 Å². The third-order valence-electron chi connectivity index (χ3n) is 3.10. The summed E-state index contributed by atoms with van der Waals surface area (Å²) in [5.41, 5.74) is 2.33. The molecule has 1 amide bonds. The molecule has 0 aliphatic rings. The van der Waals surface area contributed by atoms with E-state index < -0.39 is 0 Å². The lowest BCUT2D eigenvalue weighted by Gasteiger charge is -2.10. The van der Waals surface area contributed by atoms with Gasteiger partial charge in [0, 0.05) is 12.1 Å². The van der Waals surface area contributed by atoms with Crippen molar-refractivity contribution in [1.29, 1.82) is 0 Å². The number of hydrogen-bond acceptors (Lipinski definition) is 3. The second-order valence-electron chi connectivity index (χ2n) is 5.48. The molecule has 0 radical (unpaired) electrons. The lowest BCUT2D eigenvalue weighted by Crippen LogP contribution is -2.14. The van der Waals surface area contributed by atoms with Crippen molar-refractivity contribution in [3.63, 3.8) is 0 Å². The van der Waals surface area contributed by atoms with Crippen LogP contribution in [0.2, 0.25) is 0 Å². The minimum atomic E-state index is -0.113. The van der Waals surface area contributed by atoms with E-state index in [0.717, 1.165) is 17.9 Å². The smallest absolute Gasteiger partial charge is 0.255 e. The number of rotatable bonds is 5. The summed E-state index contributed by atoms with van der Waals surface area (Å²) >= 11 is 0. The van der Waals surface area contributed by atoms with Gasteiger partial charge in [0.15, 0.2) is 0 Å². The van der Waals surface area contributed by atoms with Gasteiger partial charge in [-0.3, -0.25) is 4.79 Å². The Balaban J connectivity index is 2.00. The van der Waals surface area contributed by atoms with Crippen molar-refractivity contribution < 1.29 is 4.79 Å². The van der Waals surface area contributed by atoms with Crippen LogP contribution >= 0.6 is 0 Å². The van der Waals surface area contributed by atoms with Crippen molar-refractivity contribution in [3.8, 4) is 0 Å². The van der Waals surface area contributed by atoms with Crippen LogP contribution < -0.4 is 10.6 Å². The van der Waals surface area contributed by atoms with Crippen LogP contribution in [0.4, 0.5) is 11.5 Å². The van der Waals surface area contributed by atoms with Gasteiger partial charge in [-0.05, 0) is 36.6 Å². The fourth-order valence-corrected chi connectivity index (χ4v) is 1.91. The summed E-state index contributed by atoms with van der Waals surface area (Å²) in [7, 11) is 0. The normalized spacial score (nSPS) is 10.5. The molecule has 0 aliphatic carbocycles. The molecule has 0 saturated heterocycles. The molecular formula is C17H21N3O. The topological polar surface area (TPSA) is 54.0 Å². The zero-order valence-electron chi connectivity index (χ0n) is 12.7. The predicted molar refractivity (Wildman–Crippen MR) is 86.7 cm³/mol. The molecule has 110 valence electrons. The van der Waals surface area contributed by atoms with Gasteiger partial charge in [-0.2, -0.15) is 0 Å². The molecule has 4 nitrogen and oxygen atoms in total. The van der Waals surface area contributed by atoms with Gasteiger partial charge in [0.1, 0.15) is 5.82 Å². The summed E-state index contributed by atoms with van der Waals surface area (Å²) < 4.78 is 0. The van der Waals surface area contributed by atoms with Gasteiger partial charge in [-0.15, -0.1) is 0 Å². The quantitative estimate of drug-likeness (QED) is 0.879. The largest absolute Gasteiger partial charge is 0.370 e. The molecule has 2 N–H and O–H groups in total. The maximum absolute atomic E-state index is 12.2. The Labute approximate surface area is 125 Å². The van der Waals surface area contributed by atoms with Gasteiger partial charge in [0.25, 0.3) is 5.91 Å². The zero-order chi connectivity index (χ0) is 15.2. The summed E-state index contributed by atoms with van der Waals surface area (Å²) in [5, 5.41) is 6.10. The number of anilines is 2. The maximum Gasteiger partial charge on any atom is 0.255 e. The van der Waals surface area contributed by atoms with Gasteiger partial charge in [-0.1, -0.05) is 32.0 Å². The standard InChI is InChI=1S/C17H21N3O/c1-12(2)10-18-16-9-8-14(11-19-16)20-17(21)15-7-5-4-6-13(15)3/h4-9,11-12H,10H2,1-3H3,(H,18,19)(H,20,21). The summed E-state index contributed by atoms with van der Waals surface area (Å²) in [4.78, 5) is 16.5. The number of carbonyl (C=O) groups is 1. The SMILES string of the molecule is Cc1ccccc1C(=O)Nc1ccc(NCC(C)C)nc1. The van der Waals surface area contributed by atoms with Crippen LogP contribution in [0.25, 0.3) is 0 Å². The molecule has 0 fully saturated rings. The summed E-state index contributed by atoms with van der Waals surface area (Å²) in [5.74, 6) is 1.27. The molecule has 4 heteroatoms. The Hall–Kier alpha value is -2.36. The first kappa shape index (κ1) is 15.0. The van der Waals surface area contributed by atoms with Gasteiger partial charge in [0.2, 0.25) is 0 Å². The van der Waals surface area contributed by atoms with Crippen molar-refractivity contribution in [1.82, 2.24) is 4.98 Å². The highest BCUT2D eigenvalue weighted by Gasteiger charge is 2.08. The van der Waals surface area contributed by atoms with E-state index in [1.165, 1.54) is 0 Å². The third-order valence-corrected chi connectivity index (χ3v) is 3.10. The van der Waals surface area contributed by atoms with Crippen LogP contribution in [-0.4, -0.2) is 17.4 Å². The Morgan fingerprint density at radius 3 is 2.57 bits per heavy atom. The van der Waals surface area contributed by atoms with E-state index in [4.69, 9.17) is 0 Å². The highest BCUT2D eigenvalue weighted by molar-refractivity contribution is 6.05. The number of carbonyl (C=O) groups excluding carboxylic acids is 1. The second-order valence-corrected chi connectivity index (χ2v) is 5.48.